The molecule has 0 N–H and O–H groups in total. The first-order chi connectivity index (χ1) is 18.9. The van der Waals surface area contributed by atoms with Crippen LogP contribution in [-0.4, -0.2) is 74.0 Å². The van der Waals surface area contributed by atoms with E-state index in [4.69, 9.17) is 13.7 Å². The Morgan fingerprint density at radius 1 is 1.00 bits per heavy atom. The van der Waals surface area contributed by atoms with Gasteiger partial charge in [-0.25, -0.2) is 9.59 Å². The smallest absolute Gasteiger partial charge is 0.410 e. The molecule has 0 aromatic heterocycles. The van der Waals surface area contributed by atoms with Gasteiger partial charge < -0.3 is 14.4 Å². The molecule has 0 radical (unpaired) electrons. The molecule has 1 unspecified atom stereocenters. The first-order valence-corrected chi connectivity index (χ1v) is 15.5. The van der Waals surface area contributed by atoms with E-state index in [-0.39, 0.29) is 18.5 Å². The Bertz CT molecular complexity index is 1160. The summed E-state index contributed by atoms with van der Waals surface area (Å²) in [5.41, 5.74) is 1.59. The highest BCUT2D eigenvalue weighted by Crippen LogP contribution is 2.31. The lowest BCUT2D eigenvalue weighted by molar-refractivity contribution is -0.149. The first kappa shape index (κ1) is 31.6. The zero-order valence-corrected chi connectivity index (χ0v) is 24.9. The van der Waals surface area contributed by atoms with Crippen molar-refractivity contribution in [2.45, 2.75) is 83.3 Å². The topological polar surface area (TPSA) is 102 Å². The molecule has 40 heavy (non-hydrogen) atoms. The molecule has 3 atom stereocenters. The van der Waals surface area contributed by atoms with Crippen molar-refractivity contribution in [1.29, 1.82) is 0 Å². The summed E-state index contributed by atoms with van der Waals surface area (Å²) in [6, 6.07) is 19.9. The lowest BCUT2D eigenvalue weighted by Gasteiger charge is -2.46. The van der Waals surface area contributed by atoms with Crippen LogP contribution in [-0.2, 0) is 41.7 Å². The number of ether oxygens (including phenoxy) is 2. The van der Waals surface area contributed by atoms with E-state index in [2.05, 4.69) is 29.2 Å². The van der Waals surface area contributed by atoms with Crippen LogP contribution in [0, 0.1) is 0 Å². The van der Waals surface area contributed by atoms with E-state index in [0.29, 0.717) is 26.1 Å². The molecule has 1 aliphatic heterocycles. The van der Waals surface area contributed by atoms with Crippen LogP contribution in [0.3, 0.4) is 0 Å². The van der Waals surface area contributed by atoms with Gasteiger partial charge >= 0.3 is 12.1 Å². The number of methoxy groups -OCH3 is 1. The van der Waals surface area contributed by atoms with Gasteiger partial charge in [0.05, 0.1) is 19.4 Å². The molecule has 0 spiro atoms. The van der Waals surface area contributed by atoms with Crippen LogP contribution in [0.2, 0.25) is 0 Å². The summed E-state index contributed by atoms with van der Waals surface area (Å²) in [6.45, 7) is 7.28. The van der Waals surface area contributed by atoms with E-state index < -0.39 is 33.9 Å². The second-order valence-electron chi connectivity index (χ2n) is 11.2. The van der Waals surface area contributed by atoms with Gasteiger partial charge in [-0.1, -0.05) is 60.7 Å². The van der Waals surface area contributed by atoms with Crippen LogP contribution in [0.15, 0.2) is 60.7 Å². The molecule has 10 heteroatoms. The molecule has 0 aliphatic carbocycles. The van der Waals surface area contributed by atoms with E-state index >= 15 is 0 Å². The quantitative estimate of drug-likeness (QED) is 0.280. The monoisotopic (exact) mass is 574 g/mol. The third-order valence-corrected chi connectivity index (χ3v) is 7.36. The Balaban J connectivity index is 1.97. The molecule has 2 aromatic rings. The number of hydrogen-bond donors (Lipinski definition) is 0. The van der Waals surface area contributed by atoms with Crippen molar-refractivity contribution in [1.82, 2.24) is 9.80 Å². The summed E-state index contributed by atoms with van der Waals surface area (Å²) < 4.78 is 39.5. The highest BCUT2D eigenvalue weighted by Gasteiger charge is 2.40. The lowest BCUT2D eigenvalue weighted by atomic mass is 9.89. The van der Waals surface area contributed by atoms with E-state index in [1.54, 1.807) is 4.90 Å². The summed E-state index contributed by atoms with van der Waals surface area (Å²) >= 11 is 0. The predicted octanol–water partition coefficient (Wildman–Crippen LogP) is 4.75. The molecule has 1 fully saturated rings. The van der Waals surface area contributed by atoms with Gasteiger partial charge in [0.15, 0.2) is 6.10 Å². The fourth-order valence-corrected chi connectivity index (χ4v) is 5.75. The third kappa shape index (κ3) is 9.91. The van der Waals surface area contributed by atoms with E-state index in [9.17, 15) is 18.0 Å². The molecule has 1 amide bonds. The molecule has 1 saturated heterocycles. The average molecular weight is 575 g/mol. The molecule has 1 heterocycles. The first-order valence-electron chi connectivity index (χ1n) is 13.6. The fraction of sp³-hybridized carbons (Fsp3) is 0.533. The maximum atomic E-state index is 13.4. The minimum Gasteiger partial charge on any atom is -0.467 e. The number of likely N-dealkylation sites (tertiary alicyclic amines) is 1. The van der Waals surface area contributed by atoms with Crippen LogP contribution >= 0.6 is 0 Å². The van der Waals surface area contributed by atoms with Crippen molar-refractivity contribution < 1.29 is 31.7 Å². The molecular weight excluding hydrogens is 532 g/mol. The maximum Gasteiger partial charge on any atom is 0.410 e. The Labute approximate surface area is 238 Å². The van der Waals surface area contributed by atoms with Crippen molar-refractivity contribution in [2.24, 2.45) is 0 Å². The molecule has 0 bridgehead atoms. The van der Waals surface area contributed by atoms with Gasteiger partial charge in [-0.15, -0.1) is 0 Å². The van der Waals surface area contributed by atoms with E-state index in [0.717, 1.165) is 30.2 Å². The summed E-state index contributed by atoms with van der Waals surface area (Å²) in [5.74, 6) is -0.771. The summed E-state index contributed by atoms with van der Waals surface area (Å²) in [5, 5.41) is 0. The van der Waals surface area contributed by atoms with Crippen molar-refractivity contribution >= 4 is 22.2 Å². The van der Waals surface area contributed by atoms with Crippen LogP contribution in [0.5, 0.6) is 0 Å². The normalized spacial score (nSPS) is 18.8. The SMILES string of the molecule is COC(=O)C(CC[C@H]1[C@@H](N(Cc2ccccc2)Cc2ccccc2)CCCN1C(=O)OC(C)(C)C)OS(C)(=O)=O. The molecule has 220 valence electrons. The van der Waals surface area contributed by atoms with Crippen LogP contribution in [0.4, 0.5) is 4.79 Å². The standard InChI is InChI=1S/C30H42N2O7S/c1-30(2,3)38-29(34)32-20-12-17-25(26(32)18-19-27(28(33)37-4)39-40(5,35)36)31(21-23-13-8-6-9-14-23)22-24-15-10-7-11-16-24/h6-11,13-16,25-27H,12,17-22H2,1-5H3/t25-,26-,27?/m0/s1. The number of benzene rings is 2. The number of carbonyl (C=O) groups excluding carboxylic acids is 2. The van der Waals surface area contributed by atoms with Crippen molar-refractivity contribution in [3.63, 3.8) is 0 Å². The van der Waals surface area contributed by atoms with Gasteiger partial charge in [0, 0.05) is 25.7 Å². The highest BCUT2D eigenvalue weighted by molar-refractivity contribution is 7.86. The number of rotatable bonds is 11. The van der Waals surface area contributed by atoms with Gasteiger partial charge in [0.1, 0.15) is 5.60 Å². The zero-order valence-electron chi connectivity index (χ0n) is 24.1. The minimum absolute atomic E-state index is 0.0602. The number of amides is 1. The molecule has 0 saturated carbocycles. The Morgan fingerprint density at radius 3 is 2.02 bits per heavy atom. The van der Waals surface area contributed by atoms with Gasteiger partial charge in [0.2, 0.25) is 0 Å². The summed E-state index contributed by atoms with van der Waals surface area (Å²) in [6.07, 6.45) is 1.14. The van der Waals surface area contributed by atoms with E-state index in [1.165, 1.54) is 7.11 Å². The van der Waals surface area contributed by atoms with Gasteiger partial charge in [-0.05, 0) is 57.6 Å². The lowest BCUT2D eigenvalue weighted by Crippen LogP contribution is -2.57. The molecular formula is C30H42N2O7S. The zero-order chi connectivity index (χ0) is 29.3. The van der Waals surface area contributed by atoms with Crippen LogP contribution in [0.25, 0.3) is 0 Å². The highest BCUT2D eigenvalue weighted by atomic mass is 32.2. The predicted molar refractivity (Wildman–Crippen MR) is 153 cm³/mol. The van der Waals surface area contributed by atoms with Gasteiger partial charge in [0.25, 0.3) is 10.1 Å². The molecule has 2 aromatic carbocycles. The number of carbonyl (C=O) groups is 2. The largest absolute Gasteiger partial charge is 0.467 e. The van der Waals surface area contributed by atoms with Crippen molar-refractivity contribution in [3.8, 4) is 0 Å². The summed E-state index contributed by atoms with van der Waals surface area (Å²) in [4.78, 5) is 30.0. The van der Waals surface area contributed by atoms with Crippen LogP contribution < -0.4 is 0 Å². The second-order valence-corrected chi connectivity index (χ2v) is 12.8. The molecule has 3 rings (SSSR count). The number of esters is 1. The number of nitrogens with zero attached hydrogens (tertiary/aromatic N) is 2. The van der Waals surface area contributed by atoms with E-state index in [1.807, 2.05) is 57.2 Å². The number of hydrogen-bond acceptors (Lipinski definition) is 8. The van der Waals surface area contributed by atoms with Gasteiger partial charge in [-0.3, -0.25) is 9.08 Å². The minimum atomic E-state index is -3.91. The molecule has 9 nitrogen and oxygen atoms in total. The fourth-order valence-electron chi connectivity index (χ4n) is 5.15. The Morgan fingerprint density at radius 2 is 1.55 bits per heavy atom. The average Bonchev–Trinajstić information content (AvgIpc) is 2.89. The Kier molecular flexibility index (Phi) is 11.1. The van der Waals surface area contributed by atoms with Crippen molar-refractivity contribution in [2.75, 3.05) is 19.9 Å². The van der Waals surface area contributed by atoms with Crippen molar-refractivity contribution in [3.05, 3.63) is 71.8 Å². The third-order valence-electron chi connectivity index (χ3n) is 6.78. The second kappa shape index (κ2) is 14.1. The van der Waals surface area contributed by atoms with Gasteiger partial charge in [-0.2, -0.15) is 8.42 Å². The summed E-state index contributed by atoms with van der Waals surface area (Å²) in [7, 11) is -2.72. The van der Waals surface area contributed by atoms with Crippen LogP contribution in [0.1, 0.15) is 57.6 Å². The number of piperidine rings is 1. The molecule has 1 aliphatic rings. The Hall–Kier alpha value is -2.95. The maximum absolute atomic E-state index is 13.4.